The molecule has 0 aliphatic carbocycles. The maximum absolute atomic E-state index is 5.82. The fourth-order valence-electron chi connectivity index (χ4n) is 1.96. The molecule has 9 heteroatoms. The Balaban J connectivity index is 1.98. The van der Waals surface area contributed by atoms with Gasteiger partial charge in [-0.2, -0.15) is 5.10 Å². The zero-order chi connectivity index (χ0) is 16.7. The lowest BCUT2D eigenvalue weighted by atomic mass is 10.2. The Hall–Kier alpha value is -1.99. The van der Waals surface area contributed by atoms with Gasteiger partial charge in [-0.1, -0.05) is 12.1 Å². The second-order valence-corrected chi connectivity index (χ2v) is 5.52. The van der Waals surface area contributed by atoms with E-state index in [1.807, 2.05) is 24.3 Å². The first-order chi connectivity index (χ1) is 11.2. The highest BCUT2D eigenvalue weighted by molar-refractivity contribution is 6.18. The molecule has 0 spiro atoms. The molecule has 0 saturated heterocycles. The van der Waals surface area contributed by atoms with Crippen molar-refractivity contribution in [2.75, 3.05) is 41.0 Å². The van der Waals surface area contributed by atoms with E-state index in [1.54, 1.807) is 13.1 Å². The Morgan fingerprint density at radius 2 is 1.87 bits per heavy atom. The molecule has 0 aliphatic rings. The Bertz CT molecular complexity index is 633. The van der Waals surface area contributed by atoms with Crippen LogP contribution in [0, 0.1) is 6.92 Å². The predicted octanol–water partition coefficient (Wildman–Crippen LogP) is 2.03. The third kappa shape index (κ3) is 4.74. The van der Waals surface area contributed by atoms with Crippen molar-refractivity contribution in [3.8, 4) is 0 Å². The molecule has 1 aromatic heterocycles. The van der Waals surface area contributed by atoms with E-state index >= 15 is 0 Å². The number of nitrogens with two attached hydrogens (primary N) is 1. The van der Waals surface area contributed by atoms with Crippen LogP contribution in [-0.2, 0) is 0 Å². The molecule has 0 saturated carbocycles. The summed E-state index contributed by atoms with van der Waals surface area (Å²) in [5, 5.41) is 11.8. The lowest BCUT2D eigenvalue weighted by molar-refractivity contribution is 0.874. The summed E-state index contributed by atoms with van der Waals surface area (Å²) in [6.07, 6.45) is 1.68. The van der Waals surface area contributed by atoms with Crippen molar-refractivity contribution < 1.29 is 0 Å². The van der Waals surface area contributed by atoms with Crippen LogP contribution in [0.1, 0.15) is 11.4 Å². The van der Waals surface area contributed by atoms with Gasteiger partial charge < -0.3 is 10.7 Å². The van der Waals surface area contributed by atoms with Crippen molar-refractivity contribution >= 4 is 41.1 Å². The van der Waals surface area contributed by atoms with Gasteiger partial charge in [0, 0.05) is 30.5 Å². The van der Waals surface area contributed by atoms with Crippen LogP contribution in [0.2, 0.25) is 0 Å². The maximum atomic E-state index is 5.82. The highest BCUT2D eigenvalue weighted by Crippen LogP contribution is 2.15. The molecule has 0 aliphatic heterocycles. The van der Waals surface area contributed by atoms with Gasteiger partial charge in [0.25, 0.3) is 5.95 Å². The van der Waals surface area contributed by atoms with E-state index in [1.165, 1.54) is 4.68 Å². The fourth-order valence-corrected chi connectivity index (χ4v) is 2.36. The average Bonchev–Trinajstić information content (AvgIpc) is 2.87. The SMILES string of the molecule is Cc1nnc(N/N=C\c2ccc(N(CCCl)CCCl)cc2)n1N. The summed E-state index contributed by atoms with van der Waals surface area (Å²) < 4.78 is 1.33. The number of benzene rings is 1. The summed E-state index contributed by atoms with van der Waals surface area (Å²) in [7, 11) is 0. The van der Waals surface area contributed by atoms with Gasteiger partial charge in [0.15, 0.2) is 5.82 Å². The van der Waals surface area contributed by atoms with Crippen LogP contribution < -0.4 is 16.2 Å². The molecule has 0 radical (unpaired) electrons. The maximum Gasteiger partial charge on any atom is 0.263 e. The summed E-state index contributed by atoms with van der Waals surface area (Å²) in [6.45, 7) is 3.28. The number of rotatable bonds is 8. The van der Waals surface area contributed by atoms with Gasteiger partial charge in [-0.3, -0.25) is 0 Å². The number of aromatic nitrogens is 3. The van der Waals surface area contributed by atoms with E-state index in [2.05, 4.69) is 25.6 Å². The molecule has 2 aromatic rings. The summed E-state index contributed by atoms with van der Waals surface area (Å²) in [4.78, 5) is 2.14. The van der Waals surface area contributed by atoms with Gasteiger partial charge in [-0.05, 0) is 24.6 Å². The highest BCUT2D eigenvalue weighted by atomic mass is 35.5. The largest absolute Gasteiger partial charge is 0.369 e. The fraction of sp³-hybridized carbons (Fsp3) is 0.357. The Morgan fingerprint density at radius 3 is 2.39 bits per heavy atom. The number of nitrogens with zero attached hydrogens (tertiary/aromatic N) is 5. The molecule has 0 fully saturated rings. The lowest BCUT2D eigenvalue weighted by Crippen LogP contribution is -2.27. The summed E-state index contributed by atoms with van der Waals surface area (Å²) in [5.74, 6) is 7.82. The number of halogens is 2. The van der Waals surface area contributed by atoms with Crippen molar-refractivity contribution in [1.82, 2.24) is 14.9 Å². The number of hydrogen-bond donors (Lipinski definition) is 2. The Labute approximate surface area is 145 Å². The first-order valence-electron chi connectivity index (χ1n) is 7.09. The van der Waals surface area contributed by atoms with Crippen LogP contribution in [0.3, 0.4) is 0 Å². The van der Waals surface area contributed by atoms with E-state index in [0.29, 0.717) is 23.5 Å². The molecule has 7 nitrogen and oxygen atoms in total. The van der Waals surface area contributed by atoms with Gasteiger partial charge in [-0.25, -0.2) is 10.1 Å². The molecule has 3 N–H and O–H groups in total. The van der Waals surface area contributed by atoms with Gasteiger partial charge in [0.2, 0.25) is 0 Å². The molecule has 2 rings (SSSR count). The molecule has 1 heterocycles. The monoisotopic (exact) mass is 355 g/mol. The average molecular weight is 356 g/mol. The molecule has 23 heavy (non-hydrogen) atoms. The summed E-state index contributed by atoms with van der Waals surface area (Å²) in [6, 6.07) is 7.95. The predicted molar refractivity (Wildman–Crippen MR) is 96.2 cm³/mol. The molecule has 0 bridgehead atoms. The zero-order valence-electron chi connectivity index (χ0n) is 12.8. The first-order valence-corrected chi connectivity index (χ1v) is 8.15. The van der Waals surface area contributed by atoms with E-state index in [0.717, 1.165) is 24.3 Å². The molecular formula is C14H19Cl2N7. The van der Waals surface area contributed by atoms with Gasteiger partial charge in [0.05, 0.1) is 6.21 Å². The van der Waals surface area contributed by atoms with Crippen LogP contribution in [0.4, 0.5) is 11.6 Å². The second-order valence-electron chi connectivity index (χ2n) is 4.77. The number of alkyl halides is 2. The topological polar surface area (TPSA) is 84.4 Å². The summed E-state index contributed by atoms with van der Waals surface area (Å²) >= 11 is 11.6. The third-order valence-corrected chi connectivity index (χ3v) is 3.55. The number of nitrogen functional groups attached to an aromatic ring is 1. The minimum atomic E-state index is 0.380. The van der Waals surface area contributed by atoms with E-state index in [-0.39, 0.29) is 0 Å². The van der Waals surface area contributed by atoms with Crippen LogP contribution in [0.25, 0.3) is 0 Å². The number of anilines is 2. The van der Waals surface area contributed by atoms with E-state index in [9.17, 15) is 0 Å². The smallest absolute Gasteiger partial charge is 0.263 e. The van der Waals surface area contributed by atoms with E-state index < -0.39 is 0 Å². The molecule has 1 aromatic carbocycles. The second kappa shape index (κ2) is 8.59. The molecule has 0 atom stereocenters. The Morgan fingerprint density at radius 1 is 1.22 bits per heavy atom. The first kappa shape index (κ1) is 17.4. The highest BCUT2D eigenvalue weighted by Gasteiger charge is 2.05. The minimum Gasteiger partial charge on any atom is -0.369 e. The minimum absolute atomic E-state index is 0.380. The summed E-state index contributed by atoms with van der Waals surface area (Å²) in [5.41, 5.74) is 4.77. The third-order valence-electron chi connectivity index (χ3n) is 3.21. The Kier molecular flexibility index (Phi) is 6.49. The number of hydrogen-bond acceptors (Lipinski definition) is 6. The zero-order valence-corrected chi connectivity index (χ0v) is 14.3. The van der Waals surface area contributed by atoms with Crippen molar-refractivity contribution in [3.05, 3.63) is 35.7 Å². The van der Waals surface area contributed by atoms with Gasteiger partial charge in [0.1, 0.15) is 0 Å². The molecular weight excluding hydrogens is 337 g/mol. The molecule has 0 amide bonds. The van der Waals surface area contributed by atoms with Crippen molar-refractivity contribution in [2.45, 2.75) is 6.92 Å². The molecule has 124 valence electrons. The normalized spacial score (nSPS) is 11.1. The standard InChI is InChI=1S/C14H19Cl2N7/c1-11-19-21-14(23(11)17)20-18-10-12-2-4-13(5-3-12)22(8-6-15)9-7-16/h2-5,10H,6-9,17H2,1H3,(H,20,21)/b18-10-. The van der Waals surface area contributed by atoms with Crippen LogP contribution in [0.15, 0.2) is 29.4 Å². The van der Waals surface area contributed by atoms with Crippen LogP contribution in [-0.4, -0.2) is 45.9 Å². The quantitative estimate of drug-likeness (QED) is 0.327. The van der Waals surface area contributed by atoms with Crippen molar-refractivity contribution in [1.29, 1.82) is 0 Å². The van der Waals surface area contributed by atoms with E-state index in [4.69, 9.17) is 29.0 Å². The molecule has 0 unspecified atom stereocenters. The van der Waals surface area contributed by atoms with Gasteiger partial charge >= 0.3 is 0 Å². The lowest BCUT2D eigenvalue weighted by Gasteiger charge is -2.22. The van der Waals surface area contributed by atoms with Crippen molar-refractivity contribution in [2.24, 2.45) is 5.10 Å². The van der Waals surface area contributed by atoms with Gasteiger partial charge in [-0.15, -0.1) is 33.4 Å². The van der Waals surface area contributed by atoms with Crippen LogP contribution >= 0.6 is 23.2 Å². The number of hydrazone groups is 1. The number of aryl methyl sites for hydroxylation is 1. The van der Waals surface area contributed by atoms with Crippen LogP contribution in [0.5, 0.6) is 0 Å². The number of nitrogens with one attached hydrogen (secondary N) is 1. The van der Waals surface area contributed by atoms with Crippen molar-refractivity contribution in [3.63, 3.8) is 0 Å².